The van der Waals surface area contributed by atoms with Crippen LogP contribution in [0, 0.1) is 10.1 Å². The van der Waals surface area contributed by atoms with E-state index in [1.807, 2.05) is 0 Å². The summed E-state index contributed by atoms with van der Waals surface area (Å²) in [5.74, 6) is -0.0917. The molecular weight excluding hydrogens is 274 g/mol. The van der Waals surface area contributed by atoms with Crippen molar-refractivity contribution in [3.63, 3.8) is 0 Å². The highest BCUT2D eigenvalue weighted by atomic mass is 32.2. The summed E-state index contributed by atoms with van der Waals surface area (Å²) in [4.78, 5) is 9.83. The van der Waals surface area contributed by atoms with E-state index in [9.17, 15) is 18.5 Å². The molecule has 0 unspecified atom stereocenters. The van der Waals surface area contributed by atoms with Crippen molar-refractivity contribution in [2.75, 3.05) is 13.7 Å². The molecule has 1 aromatic carbocycles. The van der Waals surface area contributed by atoms with Gasteiger partial charge in [-0.2, -0.15) is 0 Å². The van der Waals surface area contributed by atoms with E-state index < -0.39 is 21.0 Å². The molecule has 9 heteroatoms. The van der Waals surface area contributed by atoms with Crippen molar-refractivity contribution in [3.05, 3.63) is 28.3 Å². The van der Waals surface area contributed by atoms with Gasteiger partial charge in [-0.15, -0.1) is 0 Å². The maximum absolute atomic E-state index is 12.0. The molecule has 1 rings (SSSR count). The van der Waals surface area contributed by atoms with Crippen molar-refractivity contribution < 1.29 is 18.1 Å². The largest absolute Gasteiger partial charge is 0.495 e. The lowest BCUT2D eigenvalue weighted by molar-refractivity contribution is -0.385. The molecule has 0 fully saturated rings. The number of rotatable bonds is 6. The van der Waals surface area contributed by atoms with Crippen molar-refractivity contribution in [2.24, 2.45) is 5.73 Å². The maximum Gasteiger partial charge on any atom is 0.273 e. The van der Waals surface area contributed by atoms with Crippen LogP contribution in [-0.2, 0) is 10.0 Å². The fourth-order valence-corrected chi connectivity index (χ4v) is 2.78. The molecule has 0 saturated carbocycles. The molecule has 0 spiro atoms. The van der Waals surface area contributed by atoms with Gasteiger partial charge in [-0.05, 0) is 13.0 Å². The summed E-state index contributed by atoms with van der Waals surface area (Å²) < 4.78 is 31.3. The maximum atomic E-state index is 12.0. The van der Waals surface area contributed by atoms with Crippen LogP contribution < -0.4 is 15.2 Å². The minimum atomic E-state index is -3.83. The standard InChI is InChI=1S/C10H15N3O5S/c1-7(6-11)12-19(16,17)10-4-3-8(13(14)15)5-9(10)18-2/h3-5,7,12H,6,11H2,1-2H3/t7-/m0/s1. The van der Waals surface area contributed by atoms with Crippen LogP contribution in [0.5, 0.6) is 5.75 Å². The molecule has 0 saturated heterocycles. The fraction of sp³-hybridized carbons (Fsp3) is 0.400. The third-order valence-electron chi connectivity index (χ3n) is 2.36. The lowest BCUT2D eigenvalue weighted by Gasteiger charge is -2.14. The average Bonchev–Trinajstić information content (AvgIpc) is 2.37. The van der Waals surface area contributed by atoms with Crippen LogP contribution in [0.25, 0.3) is 0 Å². The Hall–Kier alpha value is -1.71. The molecule has 106 valence electrons. The first-order valence-electron chi connectivity index (χ1n) is 5.36. The van der Waals surface area contributed by atoms with Crippen molar-refractivity contribution >= 4 is 15.7 Å². The van der Waals surface area contributed by atoms with Crippen molar-refractivity contribution in [1.29, 1.82) is 0 Å². The number of benzene rings is 1. The molecule has 0 aliphatic heterocycles. The highest BCUT2D eigenvalue weighted by Gasteiger charge is 2.23. The van der Waals surface area contributed by atoms with Crippen LogP contribution >= 0.6 is 0 Å². The predicted molar refractivity (Wildman–Crippen MR) is 68.5 cm³/mol. The van der Waals surface area contributed by atoms with Gasteiger partial charge in [0.25, 0.3) is 5.69 Å². The van der Waals surface area contributed by atoms with E-state index in [-0.39, 0.29) is 22.9 Å². The van der Waals surface area contributed by atoms with Crippen molar-refractivity contribution in [2.45, 2.75) is 17.9 Å². The second-order valence-corrected chi connectivity index (χ2v) is 5.53. The molecule has 19 heavy (non-hydrogen) atoms. The van der Waals surface area contributed by atoms with Crippen molar-refractivity contribution in [1.82, 2.24) is 4.72 Å². The third-order valence-corrected chi connectivity index (χ3v) is 3.99. The Balaban J connectivity index is 3.23. The van der Waals surface area contributed by atoms with Gasteiger partial charge in [-0.25, -0.2) is 13.1 Å². The summed E-state index contributed by atoms with van der Waals surface area (Å²) in [5.41, 5.74) is 5.10. The Labute approximate surface area is 110 Å². The normalized spacial score (nSPS) is 13.0. The molecular formula is C10H15N3O5S. The molecule has 0 aliphatic rings. The molecule has 3 N–H and O–H groups in total. The zero-order valence-corrected chi connectivity index (χ0v) is 11.3. The molecule has 0 radical (unpaired) electrons. The predicted octanol–water partition coefficient (Wildman–Crippen LogP) is 0.229. The Morgan fingerprint density at radius 3 is 2.63 bits per heavy atom. The second-order valence-electron chi connectivity index (χ2n) is 3.85. The number of ether oxygens (including phenoxy) is 1. The second kappa shape index (κ2) is 5.95. The number of methoxy groups -OCH3 is 1. The molecule has 0 amide bonds. The zero-order chi connectivity index (χ0) is 14.6. The smallest absolute Gasteiger partial charge is 0.273 e. The number of nitro groups is 1. The van der Waals surface area contributed by atoms with Crippen LogP contribution in [0.1, 0.15) is 6.92 Å². The van der Waals surface area contributed by atoms with Gasteiger partial charge in [0, 0.05) is 18.7 Å². The van der Waals surface area contributed by atoms with E-state index in [2.05, 4.69) is 4.72 Å². The lowest BCUT2D eigenvalue weighted by atomic mass is 10.3. The van der Waals surface area contributed by atoms with E-state index in [1.165, 1.54) is 7.11 Å². The number of nitrogens with zero attached hydrogens (tertiary/aromatic N) is 1. The number of nitrogens with two attached hydrogens (primary N) is 1. The Morgan fingerprint density at radius 2 is 2.16 bits per heavy atom. The van der Waals surface area contributed by atoms with Gasteiger partial charge in [-0.3, -0.25) is 10.1 Å². The summed E-state index contributed by atoms with van der Waals surface area (Å²) in [6, 6.07) is 2.83. The third kappa shape index (κ3) is 3.63. The zero-order valence-electron chi connectivity index (χ0n) is 10.5. The SMILES string of the molecule is COc1cc([N+](=O)[O-])ccc1S(=O)(=O)N[C@@H](C)CN. The van der Waals surface area contributed by atoms with E-state index in [0.29, 0.717) is 0 Å². The van der Waals surface area contributed by atoms with Crippen LogP contribution in [0.3, 0.4) is 0 Å². The number of non-ortho nitro benzene ring substituents is 1. The van der Waals surface area contributed by atoms with E-state index in [4.69, 9.17) is 10.5 Å². The van der Waals surface area contributed by atoms with E-state index in [0.717, 1.165) is 18.2 Å². The number of sulfonamides is 1. The number of nitro benzene ring substituents is 1. The van der Waals surface area contributed by atoms with Crippen LogP contribution in [-0.4, -0.2) is 33.0 Å². The van der Waals surface area contributed by atoms with Crippen LogP contribution in [0.4, 0.5) is 5.69 Å². The van der Waals surface area contributed by atoms with Gasteiger partial charge in [0.05, 0.1) is 18.1 Å². The van der Waals surface area contributed by atoms with Crippen LogP contribution in [0.2, 0.25) is 0 Å². The molecule has 8 nitrogen and oxygen atoms in total. The molecule has 0 heterocycles. The van der Waals surface area contributed by atoms with Gasteiger partial charge in [-0.1, -0.05) is 0 Å². The molecule has 0 aliphatic carbocycles. The number of hydrogen-bond donors (Lipinski definition) is 2. The lowest BCUT2D eigenvalue weighted by Crippen LogP contribution is -2.37. The minimum Gasteiger partial charge on any atom is -0.495 e. The Bertz CT molecular complexity index is 573. The summed E-state index contributed by atoms with van der Waals surface area (Å²) in [7, 11) is -2.59. The van der Waals surface area contributed by atoms with Gasteiger partial charge >= 0.3 is 0 Å². The highest BCUT2D eigenvalue weighted by molar-refractivity contribution is 7.89. The quantitative estimate of drug-likeness (QED) is 0.570. The Kier molecular flexibility index (Phi) is 4.81. The van der Waals surface area contributed by atoms with Gasteiger partial charge in [0.2, 0.25) is 10.0 Å². The van der Waals surface area contributed by atoms with Gasteiger partial charge in [0.1, 0.15) is 10.6 Å². The summed E-state index contributed by atoms with van der Waals surface area (Å²) in [6.45, 7) is 1.74. The van der Waals surface area contributed by atoms with E-state index >= 15 is 0 Å². The molecule has 1 aromatic rings. The van der Waals surface area contributed by atoms with Gasteiger partial charge in [0.15, 0.2) is 0 Å². The van der Waals surface area contributed by atoms with Crippen molar-refractivity contribution in [3.8, 4) is 5.75 Å². The van der Waals surface area contributed by atoms with Crippen LogP contribution in [0.15, 0.2) is 23.1 Å². The topological polar surface area (TPSA) is 125 Å². The summed E-state index contributed by atoms with van der Waals surface area (Å²) in [6.07, 6.45) is 0. The molecule has 0 aromatic heterocycles. The fourth-order valence-electron chi connectivity index (χ4n) is 1.37. The summed E-state index contributed by atoms with van der Waals surface area (Å²) >= 11 is 0. The average molecular weight is 289 g/mol. The van der Waals surface area contributed by atoms with E-state index in [1.54, 1.807) is 6.92 Å². The Morgan fingerprint density at radius 1 is 1.53 bits per heavy atom. The van der Waals surface area contributed by atoms with Gasteiger partial charge < -0.3 is 10.5 Å². The number of nitrogens with one attached hydrogen (secondary N) is 1. The monoisotopic (exact) mass is 289 g/mol. The molecule has 0 bridgehead atoms. The first-order valence-corrected chi connectivity index (χ1v) is 6.85. The number of hydrogen-bond acceptors (Lipinski definition) is 6. The molecule has 1 atom stereocenters. The first-order chi connectivity index (χ1) is 8.81. The minimum absolute atomic E-state index is 0.0917. The highest BCUT2D eigenvalue weighted by Crippen LogP contribution is 2.28. The first kappa shape index (κ1) is 15.3. The summed E-state index contributed by atoms with van der Waals surface area (Å²) in [5, 5.41) is 10.6.